The molecule has 0 bridgehead atoms. The van der Waals surface area contributed by atoms with Gasteiger partial charge in [-0.15, -0.1) is 0 Å². The number of ether oxygens (including phenoxy) is 2. The zero-order chi connectivity index (χ0) is 17.1. The molecule has 6 heteroatoms. The van der Waals surface area contributed by atoms with Gasteiger partial charge in [0.25, 0.3) is 0 Å². The van der Waals surface area contributed by atoms with Gasteiger partial charge in [0.2, 0.25) is 0 Å². The SMILES string of the molecule is O=C1C/C(=C\c2ccc(OCc3c(Cl)cccc3Cl)cc2)C(=O)O1. The lowest BCUT2D eigenvalue weighted by Gasteiger charge is -2.09. The van der Waals surface area contributed by atoms with Crippen molar-refractivity contribution >= 4 is 41.2 Å². The first-order valence-electron chi connectivity index (χ1n) is 7.14. The van der Waals surface area contributed by atoms with E-state index >= 15 is 0 Å². The molecule has 1 heterocycles. The van der Waals surface area contributed by atoms with Crippen molar-refractivity contribution in [1.82, 2.24) is 0 Å². The van der Waals surface area contributed by atoms with Gasteiger partial charge in [-0.25, -0.2) is 4.79 Å². The molecule has 1 fully saturated rings. The van der Waals surface area contributed by atoms with E-state index in [0.717, 1.165) is 11.1 Å². The molecule has 4 nitrogen and oxygen atoms in total. The lowest BCUT2D eigenvalue weighted by atomic mass is 10.1. The average Bonchev–Trinajstić information content (AvgIpc) is 2.86. The van der Waals surface area contributed by atoms with Gasteiger partial charge >= 0.3 is 11.9 Å². The van der Waals surface area contributed by atoms with Crippen LogP contribution in [-0.4, -0.2) is 11.9 Å². The summed E-state index contributed by atoms with van der Waals surface area (Å²) in [5.74, 6) is -0.477. The van der Waals surface area contributed by atoms with Crippen molar-refractivity contribution in [3.05, 3.63) is 69.2 Å². The molecule has 0 saturated carbocycles. The van der Waals surface area contributed by atoms with Crippen LogP contribution in [0.5, 0.6) is 5.75 Å². The Morgan fingerprint density at radius 2 is 1.71 bits per heavy atom. The minimum atomic E-state index is -0.589. The minimum absolute atomic E-state index is 0.00207. The third kappa shape index (κ3) is 3.78. The Kier molecular flexibility index (Phi) is 4.88. The third-order valence-electron chi connectivity index (χ3n) is 3.47. The first kappa shape index (κ1) is 16.6. The summed E-state index contributed by atoms with van der Waals surface area (Å²) < 4.78 is 10.2. The molecule has 0 spiro atoms. The van der Waals surface area contributed by atoms with Gasteiger partial charge in [0, 0.05) is 21.2 Å². The lowest BCUT2D eigenvalue weighted by molar-refractivity contribution is -0.151. The van der Waals surface area contributed by atoms with Crippen molar-refractivity contribution in [2.24, 2.45) is 0 Å². The van der Waals surface area contributed by atoms with Crippen LogP contribution in [0.15, 0.2) is 48.0 Å². The minimum Gasteiger partial charge on any atom is -0.489 e. The van der Waals surface area contributed by atoms with Crippen molar-refractivity contribution in [3.63, 3.8) is 0 Å². The van der Waals surface area contributed by atoms with Crippen molar-refractivity contribution in [3.8, 4) is 5.75 Å². The number of hydrogen-bond donors (Lipinski definition) is 0. The van der Waals surface area contributed by atoms with Gasteiger partial charge in [0.05, 0.1) is 6.42 Å². The van der Waals surface area contributed by atoms with Gasteiger partial charge in [0.15, 0.2) is 0 Å². The highest BCUT2D eigenvalue weighted by atomic mass is 35.5. The molecular formula is C18H12Cl2O4. The highest BCUT2D eigenvalue weighted by Crippen LogP contribution is 2.26. The summed E-state index contributed by atoms with van der Waals surface area (Å²) in [4.78, 5) is 22.5. The van der Waals surface area contributed by atoms with Gasteiger partial charge < -0.3 is 9.47 Å². The smallest absolute Gasteiger partial charge is 0.342 e. The number of hydrogen-bond acceptors (Lipinski definition) is 4. The third-order valence-corrected chi connectivity index (χ3v) is 4.18. The number of rotatable bonds is 4. The lowest BCUT2D eigenvalue weighted by Crippen LogP contribution is -1.97. The van der Waals surface area contributed by atoms with E-state index < -0.39 is 11.9 Å². The summed E-state index contributed by atoms with van der Waals surface area (Å²) in [5, 5.41) is 1.10. The molecular weight excluding hydrogens is 351 g/mol. The Labute approximate surface area is 148 Å². The van der Waals surface area contributed by atoms with Crippen molar-refractivity contribution in [2.45, 2.75) is 13.0 Å². The normalized spacial score (nSPS) is 15.7. The van der Waals surface area contributed by atoms with Gasteiger partial charge in [-0.1, -0.05) is 41.4 Å². The van der Waals surface area contributed by atoms with E-state index in [0.29, 0.717) is 21.4 Å². The molecule has 0 unspecified atom stereocenters. The molecule has 3 rings (SSSR count). The Morgan fingerprint density at radius 1 is 1.04 bits per heavy atom. The molecule has 24 heavy (non-hydrogen) atoms. The zero-order valence-corrected chi connectivity index (χ0v) is 13.9. The molecule has 0 N–H and O–H groups in total. The summed E-state index contributed by atoms with van der Waals surface area (Å²) in [5.41, 5.74) is 1.84. The maximum atomic E-state index is 11.4. The van der Waals surface area contributed by atoms with Crippen LogP contribution in [0.4, 0.5) is 0 Å². The molecule has 0 atom stereocenters. The molecule has 2 aromatic rings. The van der Waals surface area contributed by atoms with E-state index in [-0.39, 0.29) is 13.0 Å². The van der Waals surface area contributed by atoms with Crippen LogP contribution in [-0.2, 0) is 20.9 Å². The molecule has 1 aliphatic rings. The van der Waals surface area contributed by atoms with E-state index in [1.54, 1.807) is 48.5 Å². The van der Waals surface area contributed by atoms with Crippen molar-refractivity contribution in [2.75, 3.05) is 0 Å². The topological polar surface area (TPSA) is 52.6 Å². The highest BCUT2D eigenvalue weighted by molar-refractivity contribution is 6.35. The van der Waals surface area contributed by atoms with Crippen LogP contribution in [0, 0.1) is 0 Å². The molecule has 0 aliphatic carbocycles. The highest BCUT2D eigenvalue weighted by Gasteiger charge is 2.26. The standard InChI is InChI=1S/C18H12Cl2O4/c19-15-2-1-3-16(20)14(15)10-23-13-6-4-11(5-7-13)8-12-9-17(21)24-18(12)22/h1-8H,9-10H2/b12-8+. The van der Waals surface area contributed by atoms with Crippen LogP contribution in [0.3, 0.4) is 0 Å². The Bertz CT molecular complexity index is 805. The van der Waals surface area contributed by atoms with Crippen molar-refractivity contribution in [1.29, 1.82) is 0 Å². The second-order valence-electron chi connectivity index (χ2n) is 5.17. The van der Waals surface area contributed by atoms with Crippen LogP contribution in [0.25, 0.3) is 6.08 Å². The summed E-state index contributed by atoms with van der Waals surface area (Å²) >= 11 is 12.2. The summed E-state index contributed by atoms with van der Waals surface area (Å²) in [6, 6.07) is 12.4. The predicted octanol–water partition coefficient (Wildman–Crippen LogP) is 4.43. The fourth-order valence-corrected chi connectivity index (χ4v) is 2.74. The monoisotopic (exact) mass is 362 g/mol. The second kappa shape index (κ2) is 7.07. The van der Waals surface area contributed by atoms with Gasteiger partial charge in [-0.2, -0.15) is 0 Å². The Hall–Kier alpha value is -2.30. The van der Waals surface area contributed by atoms with Gasteiger partial charge in [0.1, 0.15) is 12.4 Å². The Morgan fingerprint density at radius 3 is 2.29 bits per heavy atom. The van der Waals surface area contributed by atoms with E-state index in [4.69, 9.17) is 27.9 Å². The van der Waals surface area contributed by atoms with E-state index in [9.17, 15) is 9.59 Å². The number of halogens is 2. The number of carbonyl (C=O) groups is 2. The number of benzene rings is 2. The molecule has 122 valence electrons. The molecule has 0 radical (unpaired) electrons. The van der Waals surface area contributed by atoms with E-state index in [1.807, 2.05) is 0 Å². The zero-order valence-electron chi connectivity index (χ0n) is 12.4. The summed E-state index contributed by atoms with van der Waals surface area (Å²) in [7, 11) is 0. The fraction of sp³-hybridized carbons (Fsp3) is 0.111. The molecule has 0 aromatic heterocycles. The van der Waals surface area contributed by atoms with E-state index in [1.165, 1.54) is 0 Å². The fourth-order valence-electron chi connectivity index (χ4n) is 2.23. The summed E-state index contributed by atoms with van der Waals surface area (Å²) in [6.45, 7) is 0.250. The molecule has 2 aromatic carbocycles. The van der Waals surface area contributed by atoms with Crippen LogP contribution in [0.2, 0.25) is 10.0 Å². The second-order valence-corrected chi connectivity index (χ2v) is 5.98. The predicted molar refractivity (Wildman–Crippen MR) is 90.9 cm³/mol. The summed E-state index contributed by atoms with van der Waals surface area (Å²) in [6.07, 6.45) is 1.63. The number of cyclic esters (lactones) is 2. The van der Waals surface area contributed by atoms with Crippen LogP contribution in [0.1, 0.15) is 17.5 Å². The Balaban J connectivity index is 1.68. The first-order valence-corrected chi connectivity index (χ1v) is 7.90. The van der Waals surface area contributed by atoms with Gasteiger partial charge in [-0.05, 0) is 35.9 Å². The maximum absolute atomic E-state index is 11.4. The first-order chi connectivity index (χ1) is 11.5. The van der Waals surface area contributed by atoms with Crippen LogP contribution >= 0.6 is 23.2 Å². The largest absolute Gasteiger partial charge is 0.489 e. The molecule has 1 aliphatic heterocycles. The quantitative estimate of drug-likeness (QED) is 0.458. The average molecular weight is 363 g/mol. The maximum Gasteiger partial charge on any atom is 0.342 e. The molecule has 1 saturated heterocycles. The van der Waals surface area contributed by atoms with Gasteiger partial charge in [-0.3, -0.25) is 4.79 Å². The number of esters is 2. The molecule has 0 amide bonds. The number of carbonyl (C=O) groups excluding carboxylic acids is 2. The van der Waals surface area contributed by atoms with Crippen LogP contribution < -0.4 is 4.74 Å². The van der Waals surface area contributed by atoms with Crippen molar-refractivity contribution < 1.29 is 19.1 Å². The van der Waals surface area contributed by atoms with E-state index in [2.05, 4.69) is 4.74 Å².